The molecule has 1 saturated carbocycles. The average molecular weight is 469 g/mol. The lowest BCUT2D eigenvalue weighted by Crippen LogP contribution is -2.47. The fraction of sp³-hybridized carbons (Fsp3) is 0.417. The minimum Gasteiger partial charge on any atom is -0.392 e. The molecule has 2 N–H and O–H groups in total. The van der Waals surface area contributed by atoms with E-state index >= 15 is 0 Å². The number of aliphatic hydroxyl groups excluding tert-OH is 1. The molecule has 3 heterocycles. The first-order chi connectivity index (χ1) is 15.7. The highest BCUT2D eigenvalue weighted by molar-refractivity contribution is 7.89. The summed E-state index contributed by atoms with van der Waals surface area (Å²) < 4.78 is 30.0. The first-order valence-corrected chi connectivity index (χ1v) is 12.6. The van der Waals surface area contributed by atoms with E-state index < -0.39 is 16.1 Å². The number of hydrogen-bond donors (Lipinski definition) is 2. The highest BCUT2D eigenvalue weighted by atomic mass is 32.2. The SMILES string of the molecule is Cc1c(S(=O)(=O)N2CC[C@@H](O)C3(CC3)C2)cc(C(=O)NCc2cccc3ncccc23)n1C. The van der Waals surface area contributed by atoms with E-state index in [9.17, 15) is 18.3 Å². The number of sulfonamides is 1. The number of hydrogen-bond acceptors (Lipinski definition) is 5. The second-order valence-corrected chi connectivity index (χ2v) is 11.1. The molecule has 0 bridgehead atoms. The van der Waals surface area contributed by atoms with Gasteiger partial charge in [-0.25, -0.2) is 8.42 Å². The lowest BCUT2D eigenvalue weighted by molar-refractivity contribution is 0.0388. The van der Waals surface area contributed by atoms with Gasteiger partial charge in [0.25, 0.3) is 5.91 Å². The zero-order valence-corrected chi connectivity index (χ0v) is 19.6. The van der Waals surface area contributed by atoms with Crippen molar-refractivity contribution in [2.45, 2.75) is 43.7 Å². The number of rotatable bonds is 5. The van der Waals surface area contributed by atoms with Crippen LogP contribution in [0.15, 0.2) is 47.5 Å². The Morgan fingerprint density at radius 1 is 1.27 bits per heavy atom. The molecule has 2 fully saturated rings. The van der Waals surface area contributed by atoms with E-state index in [0.29, 0.717) is 30.9 Å². The smallest absolute Gasteiger partial charge is 0.268 e. The first-order valence-electron chi connectivity index (χ1n) is 11.2. The van der Waals surface area contributed by atoms with Crippen LogP contribution in [0.5, 0.6) is 0 Å². The quantitative estimate of drug-likeness (QED) is 0.598. The number of piperidine rings is 1. The Bertz CT molecular complexity index is 1340. The van der Waals surface area contributed by atoms with Crippen molar-refractivity contribution in [2.75, 3.05) is 13.1 Å². The Hall–Kier alpha value is -2.75. The van der Waals surface area contributed by atoms with Crippen LogP contribution in [0.3, 0.4) is 0 Å². The summed E-state index contributed by atoms with van der Waals surface area (Å²) in [6.45, 7) is 2.64. The molecule has 1 amide bonds. The van der Waals surface area contributed by atoms with Crippen LogP contribution in [0, 0.1) is 12.3 Å². The van der Waals surface area contributed by atoms with Crippen molar-refractivity contribution in [2.24, 2.45) is 12.5 Å². The summed E-state index contributed by atoms with van der Waals surface area (Å²) in [5, 5.41) is 14.2. The van der Waals surface area contributed by atoms with Crippen molar-refractivity contribution in [3.63, 3.8) is 0 Å². The summed E-state index contributed by atoms with van der Waals surface area (Å²) in [6.07, 6.45) is 3.44. The lowest BCUT2D eigenvalue weighted by Gasteiger charge is -2.35. The summed E-state index contributed by atoms with van der Waals surface area (Å²) in [4.78, 5) is 17.5. The molecule has 1 spiro atoms. The normalized spacial score (nSPS) is 20.3. The minimum absolute atomic E-state index is 0.150. The minimum atomic E-state index is -3.77. The van der Waals surface area contributed by atoms with E-state index in [1.54, 1.807) is 24.7 Å². The molecule has 2 aromatic heterocycles. The van der Waals surface area contributed by atoms with Gasteiger partial charge in [0.1, 0.15) is 10.6 Å². The van der Waals surface area contributed by atoms with Gasteiger partial charge in [0, 0.05) is 49.4 Å². The van der Waals surface area contributed by atoms with E-state index in [4.69, 9.17) is 0 Å². The maximum Gasteiger partial charge on any atom is 0.268 e. The van der Waals surface area contributed by atoms with Gasteiger partial charge in [0.15, 0.2) is 0 Å². The number of pyridine rings is 1. The maximum atomic E-state index is 13.4. The molecule has 0 unspecified atom stereocenters. The van der Waals surface area contributed by atoms with Gasteiger partial charge < -0.3 is 15.0 Å². The fourth-order valence-electron chi connectivity index (χ4n) is 4.84. The molecule has 1 atom stereocenters. The van der Waals surface area contributed by atoms with Crippen LogP contribution >= 0.6 is 0 Å². The molecule has 0 radical (unpaired) electrons. The van der Waals surface area contributed by atoms with Crippen LogP contribution in [0.4, 0.5) is 0 Å². The van der Waals surface area contributed by atoms with Gasteiger partial charge in [0.2, 0.25) is 10.0 Å². The second-order valence-electron chi connectivity index (χ2n) is 9.21. The lowest BCUT2D eigenvalue weighted by atomic mass is 9.93. The summed E-state index contributed by atoms with van der Waals surface area (Å²) >= 11 is 0. The maximum absolute atomic E-state index is 13.4. The fourth-order valence-corrected chi connectivity index (χ4v) is 6.66. The van der Waals surface area contributed by atoms with Crippen LogP contribution in [0.1, 0.15) is 41.0 Å². The van der Waals surface area contributed by atoms with E-state index in [2.05, 4.69) is 10.3 Å². The van der Waals surface area contributed by atoms with Crippen molar-refractivity contribution in [1.29, 1.82) is 0 Å². The van der Waals surface area contributed by atoms with E-state index in [-0.39, 0.29) is 22.8 Å². The molecule has 1 aliphatic carbocycles. The van der Waals surface area contributed by atoms with Gasteiger partial charge in [-0.15, -0.1) is 0 Å². The number of fused-ring (bicyclic) bond motifs is 1. The van der Waals surface area contributed by atoms with Gasteiger partial charge in [-0.1, -0.05) is 18.2 Å². The molecular weight excluding hydrogens is 440 g/mol. The van der Waals surface area contributed by atoms with Crippen LogP contribution in [-0.4, -0.2) is 52.5 Å². The first kappa shape index (κ1) is 22.1. The summed E-state index contributed by atoms with van der Waals surface area (Å²) in [6, 6.07) is 11.0. The monoisotopic (exact) mass is 468 g/mol. The third-order valence-corrected chi connectivity index (χ3v) is 9.22. The molecule has 2 aliphatic rings. The van der Waals surface area contributed by atoms with Crippen LogP contribution in [0.25, 0.3) is 10.9 Å². The van der Waals surface area contributed by atoms with Gasteiger partial charge in [-0.3, -0.25) is 9.78 Å². The Labute approximate surface area is 193 Å². The van der Waals surface area contributed by atoms with E-state index in [1.807, 2.05) is 30.3 Å². The van der Waals surface area contributed by atoms with Crippen LogP contribution in [-0.2, 0) is 23.6 Å². The van der Waals surface area contributed by atoms with E-state index in [1.165, 1.54) is 10.4 Å². The van der Waals surface area contributed by atoms with Crippen molar-refractivity contribution < 1.29 is 18.3 Å². The molecule has 1 aliphatic heterocycles. The largest absolute Gasteiger partial charge is 0.392 e. The van der Waals surface area contributed by atoms with Crippen molar-refractivity contribution >= 4 is 26.8 Å². The zero-order chi connectivity index (χ0) is 23.4. The molecular formula is C24H28N4O4S. The molecule has 3 aromatic rings. The third kappa shape index (κ3) is 3.74. The second kappa shape index (κ2) is 7.93. The Kier molecular flexibility index (Phi) is 5.30. The number of carbonyl (C=O) groups excluding carboxylic acids is 1. The van der Waals surface area contributed by atoms with Crippen molar-refractivity contribution in [3.8, 4) is 0 Å². The number of nitrogens with one attached hydrogen (secondary N) is 1. The Balaban J connectivity index is 1.37. The number of carbonyl (C=O) groups is 1. The third-order valence-electron chi connectivity index (χ3n) is 7.26. The molecule has 174 valence electrons. The number of aromatic nitrogens is 2. The van der Waals surface area contributed by atoms with E-state index in [0.717, 1.165) is 29.3 Å². The topological polar surface area (TPSA) is 105 Å². The Morgan fingerprint density at radius 2 is 2.06 bits per heavy atom. The highest BCUT2D eigenvalue weighted by Crippen LogP contribution is 2.52. The van der Waals surface area contributed by atoms with Crippen LogP contribution in [0.2, 0.25) is 0 Å². The highest BCUT2D eigenvalue weighted by Gasteiger charge is 2.54. The van der Waals surface area contributed by atoms with Gasteiger partial charge in [0.05, 0.1) is 11.6 Å². The number of nitrogens with zero attached hydrogens (tertiary/aromatic N) is 3. The molecule has 8 nitrogen and oxygen atoms in total. The van der Waals surface area contributed by atoms with Gasteiger partial charge in [-0.05, 0) is 49.9 Å². The number of benzene rings is 1. The number of amides is 1. The summed E-state index contributed by atoms with van der Waals surface area (Å²) in [5.74, 6) is -0.337. The van der Waals surface area contributed by atoms with Gasteiger partial charge in [-0.2, -0.15) is 4.31 Å². The predicted molar refractivity (Wildman–Crippen MR) is 124 cm³/mol. The average Bonchev–Trinajstić information content (AvgIpc) is 3.52. The standard InChI is InChI=1S/C24H28N4O4S/c1-16-21(33(31,32)28-12-8-22(29)24(15-28)9-10-24)13-20(27(16)2)23(30)26-14-17-5-3-7-19-18(17)6-4-11-25-19/h3-7,11,13,22,29H,8-10,12,14-15H2,1-2H3,(H,26,30)/t22-/m1/s1. The molecule has 33 heavy (non-hydrogen) atoms. The zero-order valence-electron chi connectivity index (χ0n) is 18.8. The number of aliphatic hydroxyl groups is 1. The Morgan fingerprint density at radius 3 is 2.82 bits per heavy atom. The van der Waals surface area contributed by atoms with Crippen molar-refractivity contribution in [1.82, 2.24) is 19.2 Å². The molecule has 1 aromatic carbocycles. The van der Waals surface area contributed by atoms with Crippen molar-refractivity contribution in [3.05, 3.63) is 59.5 Å². The molecule has 5 rings (SSSR count). The summed E-state index contributed by atoms with van der Waals surface area (Å²) in [7, 11) is -2.06. The van der Waals surface area contributed by atoms with Crippen LogP contribution < -0.4 is 5.32 Å². The molecule has 1 saturated heterocycles. The van der Waals surface area contributed by atoms with Gasteiger partial charge >= 0.3 is 0 Å². The predicted octanol–water partition coefficient (Wildman–Crippen LogP) is 2.35. The molecule has 9 heteroatoms. The summed E-state index contributed by atoms with van der Waals surface area (Å²) in [5.41, 5.74) is 2.32.